The van der Waals surface area contributed by atoms with Crippen molar-refractivity contribution in [2.24, 2.45) is 9.98 Å². The zero-order valence-corrected chi connectivity index (χ0v) is 36.6. The van der Waals surface area contributed by atoms with E-state index in [2.05, 4.69) is 20.2 Å². The summed E-state index contributed by atoms with van der Waals surface area (Å²) >= 11 is -2.28. The van der Waals surface area contributed by atoms with Gasteiger partial charge in [-0.25, -0.2) is 17.2 Å². The fourth-order valence-corrected chi connectivity index (χ4v) is 6.87. The van der Waals surface area contributed by atoms with Crippen LogP contribution in [0.2, 0.25) is 0 Å². The first-order valence-electron chi connectivity index (χ1n) is 18.1. The Kier molecular flexibility index (Phi) is 14.9. The number of phenolic OH excluding ortho intramolecular Hbond substituents is 2. The van der Waals surface area contributed by atoms with E-state index in [9.17, 15) is 46.4 Å². The molecule has 1 unspecified atom stereocenters. The molecule has 19 heteroatoms. The van der Waals surface area contributed by atoms with E-state index in [4.69, 9.17) is 0 Å². The Morgan fingerprint density at radius 3 is 1.51 bits per heavy atom. The summed E-state index contributed by atoms with van der Waals surface area (Å²) in [6.07, 6.45) is 3.66. The first-order valence-corrected chi connectivity index (χ1v) is 21.2. The van der Waals surface area contributed by atoms with Crippen LogP contribution in [-0.4, -0.2) is 75.9 Å². The molecule has 0 aliphatic carbocycles. The molecule has 0 fully saturated rings. The molecule has 6 rings (SSSR count). The maximum atomic E-state index is 14.3. The number of aromatic hydroxyl groups is 4. The van der Waals surface area contributed by atoms with E-state index in [0.717, 1.165) is 15.6 Å². The third-order valence-electron chi connectivity index (χ3n) is 8.74. The number of hydrogen-bond acceptors (Lipinski definition) is 12. The number of benzene rings is 4. The summed E-state index contributed by atoms with van der Waals surface area (Å²) in [6.45, 7) is 11.3. The van der Waals surface area contributed by atoms with Gasteiger partial charge in [0.2, 0.25) is 11.8 Å². The summed E-state index contributed by atoms with van der Waals surface area (Å²) in [6, 6.07) is 19.8. The Morgan fingerprint density at radius 1 is 0.705 bits per heavy atom. The van der Waals surface area contributed by atoms with Crippen molar-refractivity contribution in [3.05, 3.63) is 125 Å². The summed E-state index contributed by atoms with van der Waals surface area (Å²) in [5.74, 6) is -2.32. The molecule has 2 aromatic heterocycles. The van der Waals surface area contributed by atoms with Crippen LogP contribution in [0.1, 0.15) is 69.6 Å². The van der Waals surface area contributed by atoms with Crippen molar-refractivity contribution in [1.29, 1.82) is 0 Å². The minimum absolute atomic E-state index is 0. The number of phenols is 2. The van der Waals surface area contributed by atoms with Gasteiger partial charge in [0.25, 0.3) is 0 Å². The number of aliphatic imine (C=N–C) groups is 2. The molecular formula is C42H43CoF2N6O8S2-. The van der Waals surface area contributed by atoms with Crippen LogP contribution >= 0.6 is 0 Å². The minimum atomic E-state index is -3.49. The number of para-hydroxylation sites is 2. The van der Waals surface area contributed by atoms with E-state index >= 15 is 0 Å². The summed E-state index contributed by atoms with van der Waals surface area (Å²) in [7, 11) is -3.49. The van der Waals surface area contributed by atoms with Gasteiger partial charge in [0.15, 0.2) is 9.84 Å². The van der Waals surface area contributed by atoms with Gasteiger partial charge in [-0.05, 0) is 60.2 Å². The van der Waals surface area contributed by atoms with Gasteiger partial charge in [0.1, 0.15) is 45.9 Å². The van der Waals surface area contributed by atoms with Gasteiger partial charge in [-0.3, -0.25) is 14.2 Å². The molecule has 4 aromatic carbocycles. The van der Waals surface area contributed by atoms with Crippen molar-refractivity contribution >= 4 is 44.7 Å². The monoisotopic (exact) mass is 920 g/mol. The quantitative estimate of drug-likeness (QED) is 0.0818. The van der Waals surface area contributed by atoms with Crippen molar-refractivity contribution in [3.63, 3.8) is 0 Å². The fraction of sp³-hybridized carbons (Fsp3) is 0.238. The van der Waals surface area contributed by atoms with Crippen LogP contribution in [0.15, 0.2) is 99.8 Å². The predicted octanol–water partition coefficient (Wildman–Crippen LogP) is 7.72. The Morgan fingerprint density at radius 2 is 1.11 bits per heavy atom. The Bertz CT molecular complexity index is 2760. The fourth-order valence-electron chi connectivity index (χ4n) is 5.77. The Hall–Kier alpha value is -5.73. The van der Waals surface area contributed by atoms with Crippen molar-refractivity contribution in [3.8, 4) is 34.6 Å². The maximum absolute atomic E-state index is 14.3. The van der Waals surface area contributed by atoms with Crippen LogP contribution in [0, 0.1) is 11.6 Å². The molecule has 4 N–H and O–H groups in total. The number of hydrogen-bond donors (Lipinski definition) is 4. The average Bonchev–Trinajstić information content (AvgIpc) is 3.67. The van der Waals surface area contributed by atoms with Crippen molar-refractivity contribution in [1.82, 2.24) is 19.6 Å². The molecule has 14 nitrogen and oxygen atoms in total. The second kappa shape index (κ2) is 18.9. The zero-order chi connectivity index (χ0) is 44.3. The van der Waals surface area contributed by atoms with E-state index in [1.807, 2.05) is 41.5 Å². The van der Waals surface area contributed by atoms with Gasteiger partial charge < -0.3 is 25.0 Å². The molecule has 61 heavy (non-hydrogen) atoms. The molecule has 325 valence electrons. The molecule has 0 spiro atoms. The van der Waals surface area contributed by atoms with Crippen molar-refractivity contribution < 1.29 is 63.2 Å². The minimum Gasteiger partial charge on any atom is -0.772 e. The van der Waals surface area contributed by atoms with E-state index in [1.54, 1.807) is 12.1 Å². The maximum Gasteiger partial charge on any atom is 0.223 e. The van der Waals surface area contributed by atoms with Gasteiger partial charge in [0.05, 0.1) is 27.4 Å². The van der Waals surface area contributed by atoms with Crippen molar-refractivity contribution in [2.45, 2.75) is 63.0 Å². The van der Waals surface area contributed by atoms with Crippen LogP contribution < -0.4 is 0 Å². The van der Waals surface area contributed by atoms with Crippen molar-refractivity contribution in [2.75, 3.05) is 6.26 Å². The standard InChI is InChI=1S/2C21H22FN3O4S.Co/c1-21(2,3)19-14(20(27)25(24-19)17-8-6-5-7-15(17)22)12-23-16-11-13(30(4,28)29)9-10-18(16)26;1-21(2,3)19-14(20(27)25(24-19)17-7-5-4-6-15(17)22)11-23-16-10-13(12-30(28)29)8-9-18(16)26;/h5-12,26-27H,1-4H3;4-11,26-27H,12H2,1-3H3,(H,28,29);/p-1. The largest absolute Gasteiger partial charge is 0.772 e. The number of aromatic nitrogens is 4. The number of sulfone groups is 1. The summed E-state index contributed by atoms with van der Waals surface area (Å²) in [5.41, 5.74) is 1.16. The Labute approximate surface area is 364 Å². The first-order chi connectivity index (χ1) is 28.0. The van der Waals surface area contributed by atoms with E-state index in [1.165, 1.54) is 85.2 Å². The number of rotatable bonds is 9. The van der Waals surface area contributed by atoms with Gasteiger partial charge in [-0.15, -0.1) is 0 Å². The SMILES string of the molecule is CC(C)(C)c1nn(-c2ccccc2F)c(O)c1C=Nc1cc(CS(=O)[O-])ccc1O.CC(C)(C)c1nn(-c2ccccc2F)c(O)c1C=Nc1cc(S(C)(=O)=O)ccc1O.[Co]. The smallest absolute Gasteiger partial charge is 0.223 e. The molecule has 6 aromatic rings. The van der Waals surface area contributed by atoms with Gasteiger partial charge in [0, 0.05) is 52.0 Å². The van der Waals surface area contributed by atoms with Crippen LogP contribution in [0.4, 0.5) is 20.2 Å². The summed E-state index contributed by atoms with van der Waals surface area (Å²) in [5, 5.41) is 50.4. The molecule has 1 radical (unpaired) electrons. The number of halogens is 2. The second-order valence-corrected chi connectivity index (χ2v) is 18.5. The van der Waals surface area contributed by atoms with Gasteiger partial charge in [-0.2, -0.15) is 19.6 Å². The topological polar surface area (TPSA) is 216 Å². The molecule has 1 atom stereocenters. The zero-order valence-electron chi connectivity index (χ0n) is 34.0. The second-order valence-electron chi connectivity index (χ2n) is 15.6. The summed E-state index contributed by atoms with van der Waals surface area (Å²) in [4.78, 5) is 8.39. The summed E-state index contributed by atoms with van der Waals surface area (Å²) < 4.78 is 76.1. The predicted molar refractivity (Wildman–Crippen MR) is 224 cm³/mol. The normalized spacial score (nSPS) is 12.6. The first kappa shape index (κ1) is 47.9. The molecule has 0 bridgehead atoms. The molecule has 0 saturated heterocycles. The number of nitrogens with zero attached hydrogens (tertiary/aromatic N) is 6. The van der Waals surface area contributed by atoms with E-state index in [0.29, 0.717) is 17.0 Å². The van der Waals surface area contributed by atoms with Crippen LogP contribution in [0.5, 0.6) is 23.3 Å². The van der Waals surface area contributed by atoms with Gasteiger partial charge >= 0.3 is 0 Å². The third kappa shape index (κ3) is 11.4. The molecule has 0 aliphatic rings. The molecule has 2 heterocycles. The average molecular weight is 921 g/mol. The molecule has 0 saturated carbocycles. The molecule has 0 amide bonds. The van der Waals surface area contributed by atoms with Crippen LogP contribution in [0.3, 0.4) is 0 Å². The molecule has 0 aliphatic heterocycles. The van der Waals surface area contributed by atoms with E-state index < -0.39 is 43.4 Å². The molecular weight excluding hydrogens is 878 g/mol. The Balaban J connectivity index is 0.000000264. The van der Waals surface area contributed by atoms with Crippen LogP contribution in [-0.2, 0) is 54.3 Å². The van der Waals surface area contributed by atoms with Crippen LogP contribution in [0.25, 0.3) is 11.4 Å². The van der Waals surface area contributed by atoms with E-state index in [-0.39, 0.29) is 84.6 Å². The third-order valence-corrected chi connectivity index (χ3v) is 10.4. The van der Waals surface area contributed by atoms with Gasteiger partial charge in [-0.1, -0.05) is 83.0 Å².